The number of methoxy groups -OCH3 is 3. The second-order valence-corrected chi connectivity index (χ2v) is 5.36. The highest BCUT2D eigenvalue weighted by Gasteiger charge is 2.11. The van der Waals surface area contributed by atoms with Crippen LogP contribution in [0.15, 0.2) is 42.5 Å². The molecule has 0 aliphatic carbocycles. The SMILES string of the molecule is COc1ccc(/C=C/C(=O)c2ccc(OCC(=O)O)c(OC)c2)cc1OC. The summed E-state index contributed by atoms with van der Waals surface area (Å²) >= 11 is 0. The van der Waals surface area contributed by atoms with Gasteiger partial charge in [-0.2, -0.15) is 0 Å². The number of benzene rings is 2. The third-order valence-corrected chi connectivity index (χ3v) is 3.63. The van der Waals surface area contributed by atoms with Crippen LogP contribution in [-0.4, -0.2) is 44.8 Å². The zero-order valence-corrected chi connectivity index (χ0v) is 15.2. The highest BCUT2D eigenvalue weighted by Crippen LogP contribution is 2.29. The lowest BCUT2D eigenvalue weighted by molar-refractivity contribution is -0.139. The summed E-state index contributed by atoms with van der Waals surface area (Å²) in [5.74, 6) is 0.348. The van der Waals surface area contributed by atoms with Crippen LogP contribution in [0.25, 0.3) is 6.08 Å². The molecule has 0 atom stereocenters. The van der Waals surface area contributed by atoms with Crippen molar-refractivity contribution >= 4 is 17.8 Å². The fourth-order valence-corrected chi connectivity index (χ4v) is 2.30. The molecule has 0 radical (unpaired) electrons. The third-order valence-electron chi connectivity index (χ3n) is 3.63. The first-order chi connectivity index (χ1) is 13.0. The zero-order valence-electron chi connectivity index (χ0n) is 15.2. The molecule has 7 nitrogen and oxygen atoms in total. The minimum atomic E-state index is -1.10. The van der Waals surface area contributed by atoms with E-state index in [0.29, 0.717) is 17.1 Å². The molecule has 2 aromatic rings. The Kier molecular flexibility index (Phi) is 6.82. The average molecular weight is 372 g/mol. The Labute approximate surface area is 156 Å². The summed E-state index contributed by atoms with van der Waals surface area (Å²) in [6.07, 6.45) is 3.08. The molecule has 7 heteroatoms. The molecule has 0 bridgehead atoms. The third kappa shape index (κ3) is 5.24. The number of allylic oxidation sites excluding steroid dienone is 1. The summed E-state index contributed by atoms with van der Waals surface area (Å²) in [6.45, 7) is -0.497. The van der Waals surface area contributed by atoms with E-state index < -0.39 is 12.6 Å². The Morgan fingerprint density at radius 1 is 0.889 bits per heavy atom. The van der Waals surface area contributed by atoms with Gasteiger partial charge in [0.25, 0.3) is 0 Å². The number of ketones is 1. The van der Waals surface area contributed by atoms with Gasteiger partial charge in [-0.05, 0) is 42.0 Å². The molecule has 0 fully saturated rings. The van der Waals surface area contributed by atoms with Crippen molar-refractivity contribution in [3.8, 4) is 23.0 Å². The number of carbonyl (C=O) groups is 2. The Morgan fingerprint density at radius 3 is 2.15 bits per heavy atom. The minimum Gasteiger partial charge on any atom is -0.493 e. The Hall–Kier alpha value is -3.48. The van der Waals surface area contributed by atoms with Gasteiger partial charge in [0.15, 0.2) is 35.4 Å². The highest BCUT2D eigenvalue weighted by atomic mass is 16.5. The van der Waals surface area contributed by atoms with Gasteiger partial charge in [0.05, 0.1) is 21.3 Å². The van der Waals surface area contributed by atoms with Crippen LogP contribution in [0, 0.1) is 0 Å². The number of carboxylic acids is 1. The topological polar surface area (TPSA) is 91.3 Å². The van der Waals surface area contributed by atoms with Gasteiger partial charge in [-0.1, -0.05) is 12.1 Å². The Balaban J connectivity index is 2.17. The van der Waals surface area contributed by atoms with Gasteiger partial charge in [0.2, 0.25) is 0 Å². The molecule has 0 aliphatic rings. The molecule has 0 spiro atoms. The van der Waals surface area contributed by atoms with E-state index in [1.165, 1.54) is 32.4 Å². The van der Waals surface area contributed by atoms with E-state index in [9.17, 15) is 9.59 Å². The number of carbonyl (C=O) groups excluding carboxylic acids is 1. The van der Waals surface area contributed by atoms with Gasteiger partial charge in [0.1, 0.15) is 0 Å². The summed E-state index contributed by atoms with van der Waals surface area (Å²) in [6, 6.07) is 9.85. The van der Waals surface area contributed by atoms with Crippen LogP contribution in [0.3, 0.4) is 0 Å². The molecular formula is C20H20O7. The van der Waals surface area contributed by atoms with Gasteiger partial charge in [0, 0.05) is 5.56 Å². The molecule has 0 heterocycles. The smallest absolute Gasteiger partial charge is 0.341 e. The lowest BCUT2D eigenvalue weighted by Crippen LogP contribution is -2.10. The molecule has 2 aromatic carbocycles. The van der Waals surface area contributed by atoms with E-state index in [1.54, 1.807) is 37.5 Å². The number of ether oxygens (including phenoxy) is 4. The van der Waals surface area contributed by atoms with Gasteiger partial charge in [-0.25, -0.2) is 4.79 Å². The van der Waals surface area contributed by atoms with E-state index >= 15 is 0 Å². The van der Waals surface area contributed by atoms with Crippen molar-refractivity contribution < 1.29 is 33.6 Å². The van der Waals surface area contributed by atoms with E-state index in [1.807, 2.05) is 0 Å². The quantitative estimate of drug-likeness (QED) is 0.534. The Morgan fingerprint density at radius 2 is 1.52 bits per heavy atom. The molecule has 0 saturated carbocycles. The summed E-state index contributed by atoms with van der Waals surface area (Å²) in [4.78, 5) is 23.0. The van der Waals surface area contributed by atoms with Gasteiger partial charge in [-0.15, -0.1) is 0 Å². The summed E-state index contributed by atoms with van der Waals surface area (Å²) in [7, 11) is 4.50. The summed E-state index contributed by atoms with van der Waals surface area (Å²) in [5.41, 5.74) is 1.15. The van der Waals surface area contributed by atoms with Crippen LogP contribution in [0.5, 0.6) is 23.0 Å². The lowest BCUT2D eigenvalue weighted by Gasteiger charge is -2.10. The monoisotopic (exact) mass is 372 g/mol. The van der Waals surface area contributed by atoms with Crippen LogP contribution in [0.4, 0.5) is 0 Å². The minimum absolute atomic E-state index is 0.243. The van der Waals surface area contributed by atoms with Crippen LogP contribution < -0.4 is 18.9 Å². The number of hydrogen-bond acceptors (Lipinski definition) is 6. The maximum absolute atomic E-state index is 12.4. The van der Waals surface area contributed by atoms with Gasteiger partial charge in [-0.3, -0.25) is 4.79 Å². The van der Waals surface area contributed by atoms with E-state index in [-0.39, 0.29) is 17.3 Å². The maximum Gasteiger partial charge on any atom is 0.341 e. The van der Waals surface area contributed by atoms with Crippen LogP contribution in [0.1, 0.15) is 15.9 Å². The predicted octanol–water partition coefficient (Wildman–Crippen LogP) is 3.07. The molecule has 27 heavy (non-hydrogen) atoms. The molecule has 0 unspecified atom stereocenters. The predicted molar refractivity (Wildman–Crippen MR) is 99.0 cm³/mol. The molecule has 0 aromatic heterocycles. The van der Waals surface area contributed by atoms with Crippen molar-refractivity contribution in [3.63, 3.8) is 0 Å². The Bertz CT molecular complexity index is 855. The van der Waals surface area contributed by atoms with E-state index in [4.69, 9.17) is 24.1 Å². The first kappa shape index (κ1) is 19.8. The van der Waals surface area contributed by atoms with Crippen molar-refractivity contribution in [1.82, 2.24) is 0 Å². The van der Waals surface area contributed by atoms with Crippen molar-refractivity contribution in [2.45, 2.75) is 0 Å². The molecule has 0 saturated heterocycles. The van der Waals surface area contributed by atoms with Gasteiger partial charge >= 0.3 is 5.97 Å². The highest BCUT2D eigenvalue weighted by molar-refractivity contribution is 6.07. The first-order valence-corrected chi connectivity index (χ1v) is 7.95. The average Bonchev–Trinajstić information content (AvgIpc) is 2.69. The normalized spacial score (nSPS) is 10.5. The largest absolute Gasteiger partial charge is 0.493 e. The van der Waals surface area contributed by atoms with Crippen molar-refractivity contribution in [3.05, 3.63) is 53.6 Å². The van der Waals surface area contributed by atoms with E-state index in [0.717, 1.165) is 5.56 Å². The maximum atomic E-state index is 12.4. The molecule has 2 rings (SSSR count). The molecule has 142 valence electrons. The second kappa shape index (κ2) is 9.28. The standard InChI is InChI=1S/C20H20O7/c1-24-16-8-5-13(10-18(16)25-2)4-7-15(21)14-6-9-17(19(11-14)26-3)27-12-20(22)23/h4-11H,12H2,1-3H3,(H,22,23)/b7-4+. The number of hydrogen-bond donors (Lipinski definition) is 1. The second-order valence-electron chi connectivity index (χ2n) is 5.36. The first-order valence-electron chi connectivity index (χ1n) is 7.95. The zero-order chi connectivity index (χ0) is 19.8. The molecule has 1 N–H and O–H groups in total. The molecule has 0 aliphatic heterocycles. The van der Waals surface area contributed by atoms with Crippen molar-refractivity contribution in [1.29, 1.82) is 0 Å². The lowest BCUT2D eigenvalue weighted by atomic mass is 10.1. The van der Waals surface area contributed by atoms with Crippen LogP contribution in [-0.2, 0) is 4.79 Å². The fourth-order valence-electron chi connectivity index (χ4n) is 2.30. The summed E-state index contributed by atoms with van der Waals surface area (Å²) < 4.78 is 20.7. The number of aliphatic carboxylic acids is 1. The van der Waals surface area contributed by atoms with Crippen molar-refractivity contribution in [2.24, 2.45) is 0 Å². The van der Waals surface area contributed by atoms with Crippen LogP contribution >= 0.6 is 0 Å². The molecular weight excluding hydrogens is 352 g/mol. The van der Waals surface area contributed by atoms with Gasteiger partial charge < -0.3 is 24.1 Å². The van der Waals surface area contributed by atoms with Crippen molar-refractivity contribution in [2.75, 3.05) is 27.9 Å². The number of rotatable bonds is 9. The molecule has 0 amide bonds. The fraction of sp³-hybridized carbons (Fsp3) is 0.200. The van der Waals surface area contributed by atoms with Crippen LogP contribution in [0.2, 0.25) is 0 Å². The van der Waals surface area contributed by atoms with E-state index in [2.05, 4.69) is 0 Å². The summed E-state index contributed by atoms with van der Waals surface area (Å²) in [5, 5.41) is 8.68. The number of carboxylic acid groups (broad SMARTS) is 1.